The van der Waals surface area contributed by atoms with Gasteiger partial charge in [0.05, 0.1) is 0 Å². The first kappa shape index (κ1) is 20.0. The number of ether oxygens (including phenoxy) is 1. The van der Waals surface area contributed by atoms with Gasteiger partial charge in [-0.1, -0.05) is 30.9 Å². The van der Waals surface area contributed by atoms with Crippen LogP contribution in [0.4, 0.5) is 0 Å². The van der Waals surface area contributed by atoms with E-state index in [2.05, 4.69) is 5.32 Å². The van der Waals surface area contributed by atoms with Crippen LogP contribution in [0.3, 0.4) is 0 Å². The average Bonchev–Trinajstić information content (AvgIpc) is 2.68. The highest BCUT2D eigenvalue weighted by molar-refractivity contribution is 6.30. The van der Waals surface area contributed by atoms with E-state index in [0.717, 1.165) is 37.0 Å². The monoisotopic (exact) mass is 392 g/mol. The van der Waals surface area contributed by atoms with Crippen LogP contribution in [-0.2, 0) is 9.59 Å². The van der Waals surface area contributed by atoms with Crippen LogP contribution in [-0.4, -0.2) is 42.5 Å². The van der Waals surface area contributed by atoms with E-state index < -0.39 is 0 Å². The highest BCUT2D eigenvalue weighted by atomic mass is 35.5. The Morgan fingerprint density at radius 1 is 1.15 bits per heavy atom. The Morgan fingerprint density at radius 3 is 2.52 bits per heavy atom. The first-order valence-electron chi connectivity index (χ1n) is 10.00. The molecule has 3 rings (SSSR count). The number of carbonyl (C=O) groups is 2. The van der Waals surface area contributed by atoms with Crippen molar-refractivity contribution in [1.29, 1.82) is 0 Å². The number of piperidine rings is 1. The SMILES string of the molecule is CC(=O)N1CCC(NC(=O)COc2ccc(Cl)cc2C2CCCCC2)CC1. The van der Waals surface area contributed by atoms with Crippen molar-refractivity contribution < 1.29 is 14.3 Å². The molecule has 0 atom stereocenters. The number of hydrogen-bond acceptors (Lipinski definition) is 3. The number of benzene rings is 1. The zero-order chi connectivity index (χ0) is 19.2. The van der Waals surface area contributed by atoms with E-state index in [1.165, 1.54) is 19.3 Å². The summed E-state index contributed by atoms with van der Waals surface area (Å²) < 4.78 is 5.87. The van der Waals surface area contributed by atoms with E-state index in [-0.39, 0.29) is 24.5 Å². The zero-order valence-corrected chi connectivity index (χ0v) is 16.8. The highest BCUT2D eigenvalue weighted by Gasteiger charge is 2.23. The Morgan fingerprint density at radius 2 is 1.85 bits per heavy atom. The molecule has 1 saturated carbocycles. The van der Waals surface area contributed by atoms with E-state index in [1.54, 1.807) is 6.92 Å². The fourth-order valence-corrected chi connectivity index (χ4v) is 4.32. The van der Waals surface area contributed by atoms with Gasteiger partial charge in [-0.3, -0.25) is 9.59 Å². The first-order valence-corrected chi connectivity index (χ1v) is 10.4. The molecule has 0 radical (unpaired) electrons. The summed E-state index contributed by atoms with van der Waals surface area (Å²) in [6, 6.07) is 5.80. The van der Waals surface area contributed by atoms with Crippen molar-refractivity contribution in [3.8, 4) is 5.75 Å². The number of nitrogens with one attached hydrogen (secondary N) is 1. The molecule has 2 fully saturated rings. The molecule has 1 heterocycles. The van der Waals surface area contributed by atoms with Gasteiger partial charge in [-0.05, 0) is 55.4 Å². The van der Waals surface area contributed by atoms with E-state index in [0.29, 0.717) is 24.0 Å². The Balaban J connectivity index is 1.52. The second kappa shape index (κ2) is 9.45. The lowest BCUT2D eigenvalue weighted by Gasteiger charge is -2.31. The van der Waals surface area contributed by atoms with Crippen LogP contribution in [0, 0.1) is 0 Å². The van der Waals surface area contributed by atoms with Crippen LogP contribution in [0.1, 0.15) is 63.4 Å². The minimum atomic E-state index is -0.110. The largest absolute Gasteiger partial charge is 0.483 e. The summed E-state index contributed by atoms with van der Waals surface area (Å²) in [5, 5.41) is 3.74. The number of nitrogens with zero attached hydrogens (tertiary/aromatic N) is 1. The molecule has 0 bridgehead atoms. The highest BCUT2D eigenvalue weighted by Crippen LogP contribution is 2.38. The van der Waals surface area contributed by atoms with Crippen molar-refractivity contribution in [2.24, 2.45) is 0 Å². The molecule has 0 spiro atoms. The lowest BCUT2D eigenvalue weighted by Crippen LogP contribution is -2.47. The maximum absolute atomic E-state index is 12.3. The molecule has 2 amide bonds. The maximum atomic E-state index is 12.3. The molecule has 0 aromatic heterocycles. The standard InChI is InChI=1S/C21H29ClN2O3/c1-15(25)24-11-9-18(10-12-24)23-21(26)14-27-20-8-7-17(22)13-19(20)16-5-3-2-4-6-16/h7-8,13,16,18H,2-6,9-12,14H2,1H3,(H,23,26). The quantitative estimate of drug-likeness (QED) is 0.826. The molecule has 1 aromatic rings. The molecular weight excluding hydrogens is 364 g/mol. The van der Waals surface area contributed by atoms with Gasteiger partial charge in [0, 0.05) is 31.1 Å². The summed E-state index contributed by atoms with van der Waals surface area (Å²) in [6.07, 6.45) is 7.64. The third-order valence-corrected chi connectivity index (χ3v) is 5.92. The van der Waals surface area contributed by atoms with Crippen molar-refractivity contribution in [1.82, 2.24) is 10.2 Å². The number of rotatable bonds is 5. The zero-order valence-electron chi connectivity index (χ0n) is 16.0. The maximum Gasteiger partial charge on any atom is 0.258 e. The van der Waals surface area contributed by atoms with Crippen molar-refractivity contribution in [2.75, 3.05) is 19.7 Å². The Kier molecular flexibility index (Phi) is 7.00. The predicted molar refractivity (Wildman–Crippen MR) is 106 cm³/mol. The predicted octanol–water partition coefficient (Wildman–Crippen LogP) is 3.89. The molecule has 1 aromatic carbocycles. The smallest absolute Gasteiger partial charge is 0.258 e. The molecular formula is C21H29ClN2O3. The van der Waals surface area contributed by atoms with Gasteiger partial charge < -0.3 is 15.0 Å². The topological polar surface area (TPSA) is 58.6 Å². The molecule has 1 aliphatic heterocycles. The minimum Gasteiger partial charge on any atom is -0.483 e. The van der Waals surface area contributed by atoms with E-state index in [4.69, 9.17) is 16.3 Å². The number of amides is 2. The number of carbonyl (C=O) groups excluding carboxylic acids is 2. The molecule has 6 heteroatoms. The molecule has 27 heavy (non-hydrogen) atoms. The molecule has 0 unspecified atom stereocenters. The van der Waals surface area contributed by atoms with Gasteiger partial charge in [0.25, 0.3) is 5.91 Å². The van der Waals surface area contributed by atoms with Gasteiger partial charge in [0.15, 0.2) is 6.61 Å². The Hall–Kier alpha value is -1.75. The van der Waals surface area contributed by atoms with Crippen LogP contribution >= 0.6 is 11.6 Å². The van der Waals surface area contributed by atoms with Gasteiger partial charge in [-0.25, -0.2) is 0 Å². The Bertz CT molecular complexity index is 665. The van der Waals surface area contributed by atoms with Crippen molar-refractivity contribution in [3.05, 3.63) is 28.8 Å². The molecule has 1 aliphatic carbocycles. The average molecular weight is 393 g/mol. The second-order valence-electron chi connectivity index (χ2n) is 7.65. The van der Waals surface area contributed by atoms with Crippen molar-refractivity contribution in [3.63, 3.8) is 0 Å². The third-order valence-electron chi connectivity index (χ3n) is 5.68. The summed E-state index contributed by atoms with van der Waals surface area (Å²) in [5.41, 5.74) is 1.13. The van der Waals surface area contributed by atoms with Crippen LogP contribution < -0.4 is 10.1 Å². The van der Waals surface area contributed by atoms with Gasteiger partial charge in [-0.15, -0.1) is 0 Å². The molecule has 2 aliphatic rings. The molecule has 5 nitrogen and oxygen atoms in total. The van der Waals surface area contributed by atoms with E-state index in [9.17, 15) is 9.59 Å². The fourth-order valence-electron chi connectivity index (χ4n) is 4.13. The van der Waals surface area contributed by atoms with Gasteiger partial charge in [0.1, 0.15) is 5.75 Å². The summed E-state index contributed by atoms with van der Waals surface area (Å²) in [4.78, 5) is 25.5. The number of likely N-dealkylation sites (tertiary alicyclic amines) is 1. The van der Waals surface area contributed by atoms with Crippen LogP contribution in [0.2, 0.25) is 5.02 Å². The summed E-state index contributed by atoms with van der Waals surface area (Å²) in [6.45, 7) is 2.99. The van der Waals surface area contributed by atoms with Gasteiger partial charge in [0.2, 0.25) is 5.91 Å². The third kappa shape index (κ3) is 5.61. The normalized spacial score (nSPS) is 19.0. The Labute approximate surface area is 166 Å². The molecule has 148 valence electrons. The molecule has 1 N–H and O–H groups in total. The van der Waals surface area contributed by atoms with Crippen LogP contribution in [0.25, 0.3) is 0 Å². The number of hydrogen-bond donors (Lipinski definition) is 1. The van der Waals surface area contributed by atoms with Gasteiger partial charge >= 0.3 is 0 Å². The second-order valence-corrected chi connectivity index (χ2v) is 8.09. The van der Waals surface area contributed by atoms with Gasteiger partial charge in [-0.2, -0.15) is 0 Å². The van der Waals surface area contributed by atoms with Crippen molar-refractivity contribution in [2.45, 2.75) is 63.8 Å². The van der Waals surface area contributed by atoms with E-state index >= 15 is 0 Å². The first-order chi connectivity index (χ1) is 13.0. The summed E-state index contributed by atoms with van der Waals surface area (Å²) >= 11 is 6.20. The fraction of sp³-hybridized carbons (Fsp3) is 0.619. The minimum absolute atomic E-state index is 0.00821. The lowest BCUT2D eigenvalue weighted by atomic mass is 9.84. The molecule has 1 saturated heterocycles. The number of halogens is 1. The lowest BCUT2D eigenvalue weighted by molar-refractivity contribution is -0.130. The summed E-state index contributed by atoms with van der Waals surface area (Å²) in [7, 11) is 0. The van der Waals surface area contributed by atoms with E-state index in [1.807, 2.05) is 23.1 Å². The summed E-state index contributed by atoms with van der Waals surface area (Å²) in [5.74, 6) is 1.22. The van der Waals surface area contributed by atoms with Crippen molar-refractivity contribution >= 4 is 23.4 Å². The van der Waals surface area contributed by atoms with Crippen LogP contribution in [0.15, 0.2) is 18.2 Å². The van der Waals surface area contributed by atoms with Crippen LogP contribution in [0.5, 0.6) is 5.75 Å².